The van der Waals surface area contributed by atoms with Gasteiger partial charge in [-0.1, -0.05) is 6.92 Å². The Kier molecular flexibility index (Phi) is 1.16. The van der Waals surface area contributed by atoms with Crippen LogP contribution in [-0.2, 0) is 0 Å². The highest BCUT2D eigenvalue weighted by atomic mass is 16.3. The Balaban J connectivity index is 1.96. The Morgan fingerprint density at radius 3 is 2.58 bits per heavy atom. The van der Waals surface area contributed by atoms with Crippen LogP contribution in [0.4, 0.5) is 0 Å². The Bertz CT molecular complexity index is 215. The third-order valence-electron chi connectivity index (χ3n) is 4.90. The zero-order valence-electron chi connectivity index (χ0n) is 7.84. The van der Waals surface area contributed by atoms with Crippen LogP contribution >= 0.6 is 0 Å². The molecular weight excluding hydrogens is 148 g/mol. The van der Waals surface area contributed by atoms with Crippen LogP contribution < -0.4 is 0 Å². The Hall–Kier alpha value is -0.0400. The van der Waals surface area contributed by atoms with Gasteiger partial charge in [-0.15, -0.1) is 0 Å². The molecule has 1 N–H and O–H groups in total. The van der Waals surface area contributed by atoms with Crippen molar-refractivity contribution in [2.24, 2.45) is 17.3 Å². The predicted molar refractivity (Wildman–Crippen MR) is 47.7 cm³/mol. The molecule has 3 atom stereocenters. The third kappa shape index (κ3) is 0.693. The van der Waals surface area contributed by atoms with Crippen molar-refractivity contribution in [2.75, 3.05) is 0 Å². The molecule has 1 unspecified atom stereocenters. The van der Waals surface area contributed by atoms with Crippen LogP contribution in [0, 0.1) is 17.3 Å². The molecule has 1 spiro atoms. The first-order valence-corrected chi connectivity index (χ1v) is 5.38. The van der Waals surface area contributed by atoms with E-state index >= 15 is 0 Å². The maximum Gasteiger partial charge on any atom is 0.0709 e. The van der Waals surface area contributed by atoms with Crippen molar-refractivity contribution < 1.29 is 5.11 Å². The smallest absolute Gasteiger partial charge is 0.0709 e. The summed E-state index contributed by atoms with van der Waals surface area (Å²) < 4.78 is 0. The molecule has 12 heavy (non-hydrogen) atoms. The first-order valence-electron chi connectivity index (χ1n) is 5.38. The van der Waals surface area contributed by atoms with E-state index in [1.54, 1.807) is 0 Å². The molecule has 0 aliphatic heterocycles. The van der Waals surface area contributed by atoms with Crippen LogP contribution in [0.15, 0.2) is 0 Å². The molecule has 1 nitrogen and oxygen atoms in total. The van der Waals surface area contributed by atoms with Crippen LogP contribution in [0.25, 0.3) is 0 Å². The molecule has 2 bridgehead atoms. The topological polar surface area (TPSA) is 20.2 Å². The zero-order chi connectivity index (χ0) is 8.40. The fraction of sp³-hybridized carbons (Fsp3) is 1.00. The fourth-order valence-corrected chi connectivity index (χ4v) is 3.80. The summed E-state index contributed by atoms with van der Waals surface area (Å²) in [6.07, 6.45) is 7.54. The molecule has 0 aromatic carbocycles. The summed E-state index contributed by atoms with van der Waals surface area (Å²) >= 11 is 0. The van der Waals surface area contributed by atoms with Gasteiger partial charge in [0.1, 0.15) is 0 Å². The molecule has 0 heterocycles. The van der Waals surface area contributed by atoms with E-state index in [1.807, 2.05) is 0 Å². The molecule has 0 aromatic heterocycles. The first-order chi connectivity index (χ1) is 5.65. The molecule has 3 aliphatic carbocycles. The van der Waals surface area contributed by atoms with Crippen LogP contribution in [0.3, 0.4) is 0 Å². The van der Waals surface area contributed by atoms with E-state index in [1.165, 1.54) is 25.7 Å². The van der Waals surface area contributed by atoms with Gasteiger partial charge in [-0.05, 0) is 55.8 Å². The van der Waals surface area contributed by atoms with Crippen molar-refractivity contribution >= 4 is 0 Å². The number of hydrogen-bond acceptors (Lipinski definition) is 1. The minimum Gasteiger partial charge on any atom is -0.389 e. The van der Waals surface area contributed by atoms with Gasteiger partial charge in [0.05, 0.1) is 5.60 Å². The van der Waals surface area contributed by atoms with E-state index in [-0.39, 0.29) is 5.60 Å². The summed E-state index contributed by atoms with van der Waals surface area (Å²) in [4.78, 5) is 0. The maximum absolute atomic E-state index is 10.5. The quantitative estimate of drug-likeness (QED) is 0.585. The van der Waals surface area contributed by atoms with E-state index < -0.39 is 0 Å². The van der Waals surface area contributed by atoms with Crippen LogP contribution in [-0.4, -0.2) is 10.7 Å². The van der Waals surface area contributed by atoms with E-state index in [4.69, 9.17) is 0 Å². The molecule has 3 aliphatic rings. The molecule has 0 radical (unpaired) electrons. The van der Waals surface area contributed by atoms with Crippen molar-refractivity contribution in [1.82, 2.24) is 0 Å². The normalized spacial score (nSPS) is 54.5. The summed E-state index contributed by atoms with van der Waals surface area (Å²) in [6.45, 7) is 2.32. The number of fused-ring (bicyclic) bond motifs is 3. The second kappa shape index (κ2) is 1.89. The average molecular weight is 166 g/mol. The number of rotatable bonds is 0. The van der Waals surface area contributed by atoms with Crippen molar-refractivity contribution in [3.8, 4) is 0 Å². The lowest BCUT2D eigenvalue weighted by molar-refractivity contribution is -0.0497. The van der Waals surface area contributed by atoms with Gasteiger partial charge in [0.15, 0.2) is 0 Å². The van der Waals surface area contributed by atoms with Gasteiger partial charge < -0.3 is 5.11 Å². The van der Waals surface area contributed by atoms with E-state index in [9.17, 15) is 5.11 Å². The highest BCUT2D eigenvalue weighted by Gasteiger charge is 2.64. The van der Waals surface area contributed by atoms with Gasteiger partial charge in [-0.2, -0.15) is 0 Å². The molecule has 3 fully saturated rings. The molecule has 1 heteroatoms. The minimum absolute atomic E-state index is 0.227. The summed E-state index contributed by atoms with van der Waals surface area (Å²) in [6, 6.07) is 0. The molecule has 0 saturated heterocycles. The van der Waals surface area contributed by atoms with Gasteiger partial charge in [0, 0.05) is 0 Å². The Morgan fingerprint density at radius 1 is 1.17 bits per heavy atom. The van der Waals surface area contributed by atoms with Gasteiger partial charge >= 0.3 is 0 Å². The summed E-state index contributed by atoms with van der Waals surface area (Å²) in [5.41, 5.74) is 0.184. The predicted octanol–water partition coefficient (Wildman–Crippen LogP) is 2.34. The molecule has 3 rings (SSSR count). The second-order valence-electron chi connectivity index (χ2n) is 5.50. The molecule has 0 aromatic rings. The van der Waals surface area contributed by atoms with E-state index in [0.29, 0.717) is 5.41 Å². The third-order valence-corrected chi connectivity index (χ3v) is 4.90. The van der Waals surface area contributed by atoms with Crippen LogP contribution in [0.2, 0.25) is 0 Å². The van der Waals surface area contributed by atoms with E-state index in [0.717, 1.165) is 24.7 Å². The maximum atomic E-state index is 10.5. The molecule has 0 amide bonds. The highest BCUT2D eigenvalue weighted by Crippen LogP contribution is 2.68. The molecular formula is C11H18O. The summed E-state index contributed by atoms with van der Waals surface area (Å²) in [5.74, 6) is 1.64. The van der Waals surface area contributed by atoms with Crippen LogP contribution in [0.1, 0.15) is 45.4 Å². The van der Waals surface area contributed by atoms with Crippen molar-refractivity contribution in [2.45, 2.75) is 51.0 Å². The SMILES string of the molecule is CC1C[C@]2(O)C[C@H]1CCC21CC1. The van der Waals surface area contributed by atoms with Crippen molar-refractivity contribution in [1.29, 1.82) is 0 Å². The second-order valence-corrected chi connectivity index (χ2v) is 5.50. The zero-order valence-corrected chi connectivity index (χ0v) is 7.84. The Morgan fingerprint density at radius 2 is 1.92 bits per heavy atom. The van der Waals surface area contributed by atoms with Crippen molar-refractivity contribution in [3.05, 3.63) is 0 Å². The lowest BCUT2D eigenvalue weighted by atomic mass is 9.73. The lowest BCUT2D eigenvalue weighted by Crippen LogP contribution is -2.39. The average Bonchev–Trinajstić information content (AvgIpc) is 2.73. The summed E-state index contributed by atoms with van der Waals surface area (Å²) in [7, 11) is 0. The Labute approximate surface area is 74.2 Å². The number of aliphatic hydroxyl groups is 1. The van der Waals surface area contributed by atoms with Gasteiger partial charge in [0.25, 0.3) is 0 Å². The monoisotopic (exact) mass is 166 g/mol. The lowest BCUT2D eigenvalue weighted by Gasteiger charge is -2.37. The van der Waals surface area contributed by atoms with E-state index in [2.05, 4.69) is 6.92 Å². The largest absolute Gasteiger partial charge is 0.389 e. The molecule has 3 saturated carbocycles. The van der Waals surface area contributed by atoms with Gasteiger partial charge in [0.2, 0.25) is 0 Å². The van der Waals surface area contributed by atoms with Gasteiger partial charge in [-0.3, -0.25) is 0 Å². The van der Waals surface area contributed by atoms with Gasteiger partial charge in [-0.25, -0.2) is 0 Å². The van der Waals surface area contributed by atoms with Crippen LogP contribution in [0.5, 0.6) is 0 Å². The molecule has 68 valence electrons. The number of hydrogen-bond donors (Lipinski definition) is 1. The highest BCUT2D eigenvalue weighted by molar-refractivity contribution is 5.15. The first kappa shape index (κ1) is 7.37. The standard InChI is InChI=1S/C11H18O/c1-8-6-11(12)7-9(8)2-3-10(11)4-5-10/h8-9,12H,2-7H2,1H3/t8?,9-,11+/m1/s1. The fourth-order valence-electron chi connectivity index (χ4n) is 3.80. The van der Waals surface area contributed by atoms with Crippen molar-refractivity contribution in [3.63, 3.8) is 0 Å². The minimum atomic E-state index is -0.227. The summed E-state index contributed by atoms with van der Waals surface area (Å²) in [5, 5.41) is 10.5.